The Hall–Kier alpha value is -0.493. The van der Waals surface area contributed by atoms with Crippen molar-refractivity contribution in [1.29, 1.82) is 0 Å². The van der Waals surface area contributed by atoms with Crippen LogP contribution in [0, 0.1) is 0 Å². The highest BCUT2D eigenvalue weighted by molar-refractivity contribution is 6.74. The van der Waals surface area contributed by atoms with Crippen LogP contribution in [0.15, 0.2) is 12.2 Å². The van der Waals surface area contributed by atoms with Crippen LogP contribution in [0.2, 0.25) is 18.1 Å². The van der Waals surface area contributed by atoms with Gasteiger partial charge in [0.25, 0.3) is 0 Å². The van der Waals surface area contributed by atoms with E-state index in [2.05, 4.69) is 40.4 Å². The van der Waals surface area contributed by atoms with Gasteiger partial charge in [0.05, 0.1) is 6.10 Å². The van der Waals surface area contributed by atoms with Gasteiger partial charge in [-0.2, -0.15) is 0 Å². The highest BCUT2D eigenvalue weighted by Crippen LogP contribution is 2.40. The molecule has 1 saturated carbocycles. The average molecular weight is 286 g/mol. The van der Waals surface area contributed by atoms with Crippen molar-refractivity contribution in [2.24, 2.45) is 0 Å². The van der Waals surface area contributed by atoms with Crippen molar-refractivity contribution < 1.29 is 18.7 Å². The lowest BCUT2D eigenvalue weighted by atomic mass is 10.2. The van der Waals surface area contributed by atoms with Gasteiger partial charge in [0.1, 0.15) is 12.9 Å². The van der Waals surface area contributed by atoms with E-state index in [4.69, 9.17) is 13.9 Å². The molecule has 5 heteroatoms. The van der Waals surface area contributed by atoms with Crippen LogP contribution in [0.3, 0.4) is 0 Å². The Kier molecular flexibility index (Phi) is 5.12. The summed E-state index contributed by atoms with van der Waals surface area (Å²) in [6.07, 6.45) is -0.239. The van der Waals surface area contributed by atoms with Gasteiger partial charge in [0.15, 0.2) is 14.1 Å². The van der Waals surface area contributed by atoms with Gasteiger partial charge < -0.3 is 13.9 Å². The van der Waals surface area contributed by atoms with Crippen LogP contribution >= 0.6 is 0 Å². The molecule has 0 spiro atoms. The fraction of sp³-hybridized carbons (Fsp3) is 0.786. The molecule has 2 atom stereocenters. The van der Waals surface area contributed by atoms with Crippen molar-refractivity contribution in [3.8, 4) is 0 Å². The topological polar surface area (TPSA) is 44.8 Å². The maximum atomic E-state index is 11.8. The second-order valence-electron chi connectivity index (χ2n) is 6.56. The Morgan fingerprint density at radius 2 is 1.95 bits per heavy atom. The summed E-state index contributed by atoms with van der Waals surface area (Å²) in [6.45, 7) is 14.8. The van der Waals surface area contributed by atoms with Crippen molar-refractivity contribution >= 4 is 14.1 Å². The first-order chi connectivity index (χ1) is 8.60. The summed E-state index contributed by atoms with van der Waals surface area (Å²) in [5.41, 5.74) is 0.501. The molecule has 1 aliphatic carbocycles. The van der Waals surface area contributed by atoms with Crippen LogP contribution in [0.5, 0.6) is 0 Å². The lowest BCUT2D eigenvalue weighted by molar-refractivity contribution is -0.115. The van der Waals surface area contributed by atoms with Gasteiger partial charge in [-0.3, -0.25) is 4.79 Å². The van der Waals surface area contributed by atoms with Crippen molar-refractivity contribution in [2.45, 2.75) is 57.5 Å². The number of ketones is 1. The van der Waals surface area contributed by atoms with E-state index in [1.165, 1.54) is 0 Å². The molecular weight excluding hydrogens is 260 g/mol. The number of carbonyl (C=O) groups is 1. The monoisotopic (exact) mass is 286 g/mol. The zero-order valence-electron chi connectivity index (χ0n) is 12.9. The van der Waals surface area contributed by atoms with Crippen LogP contribution in [0.1, 0.15) is 27.2 Å². The van der Waals surface area contributed by atoms with Gasteiger partial charge in [0.2, 0.25) is 0 Å². The molecule has 0 aromatic heterocycles. The summed E-state index contributed by atoms with van der Waals surface area (Å²) in [6, 6.07) is 0. The fourth-order valence-electron chi connectivity index (χ4n) is 1.81. The lowest BCUT2D eigenvalue weighted by Gasteiger charge is -2.39. The Bertz CT molecular complexity index is 357. The Labute approximate surface area is 117 Å². The molecule has 0 aromatic carbocycles. The van der Waals surface area contributed by atoms with E-state index in [-0.39, 0.29) is 29.8 Å². The first kappa shape index (κ1) is 16.6. The van der Waals surface area contributed by atoms with E-state index < -0.39 is 8.32 Å². The number of carbonyl (C=O) groups excluding carboxylic acids is 1. The largest absolute Gasteiger partial charge is 0.410 e. The molecule has 0 heterocycles. The molecule has 0 N–H and O–H groups in total. The van der Waals surface area contributed by atoms with Gasteiger partial charge in [0, 0.05) is 19.1 Å². The van der Waals surface area contributed by atoms with Crippen LogP contribution in [-0.4, -0.2) is 40.2 Å². The molecule has 1 fully saturated rings. The third kappa shape index (κ3) is 3.75. The Morgan fingerprint density at radius 1 is 1.37 bits per heavy atom. The maximum absolute atomic E-state index is 11.8. The van der Waals surface area contributed by atoms with E-state index in [0.29, 0.717) is 12.0 Å². The van der Waals surface area contributed by atoms with Crippen molar-refractivity contribution in [1.82, 2.24) is 0 Å². The summed E-state index contributed by atoms with van der Waals surface area (Å²) < 4.78 is 16.8. The predicted octanol–water partition coefficient (Wildman–Crippen LogP) is 2.89. The first-order valence-corrected chi connectivity index (χ1v) is 9.51. The zero-order chi connectivity index (χ0) is 14.8. The molecule has 0 aromatic rings. The van der Waals surface area contributed by atoms with Crippen LogP contribution in [-0.2, 0) is 18.7 Å². The smallest absolute Gasteiger partial charge is 0.192 e. The average Bonchev–Trinajstić information content (AvgIpc) is 2.50. The van der Waals surface area contributed by atoms with Gasteiger partial charge in [-0.15, -0.1) is 0 Å². The third-order valence-electron chi connectivity index (χ3n) is 4.04. The molecule has 0 radical (unpaired) electrons. The molecule has 4 nitrogen and oxygen atoms in total. The molecule has 19 heavy (non-hydrogen) atoms. The van der Waals surface area contributed by atoms with E-state index in [0.717, 1.165) is 0 Å². The minimum absolute atomic E-state index is 0.0322. The van der Waals surface area contributed by atoms with Crippen LogP contribution < -0.4 is 0 Å². The minimum atomic E-state index is -1.92. The number of ether oxygens (including phenoxy) is 2. The van der Waals surface area contributed by atoms with E-state index in [9.17, 15) is 4.79 Å². The van der Waals surface area contributed by atoms with Gasteiger partial charge in [-0.05, 0) is 18.1 Å². The molecule has 110 valence electrons. The number of hydrogen-bond donors (Lipinski definition) is 0. The summed E-state index contributed by atoms with van der Waals surface area (Å²) in [7, 11) is -0.366. The lowest BCUT2D eigenvalue weighted by Crippen LogP contribution is -2.46. The minimum Gasteiger partial charge on any atom is -0.410 e. The van der Waals surface area contributed by atoms with Crippen LogP contribution in [0.25, 0.3) is 0 Å². The molecule has 1 aliphatic rings. The second-order valence-corrected chi connectivity index (χ2v) is 11.3. The summed E-state index contributed by atoms with van der Waals surface area (Å²) in [4.78, 5) is 11.8. The van der Waals surface area contributed by atoms with Gasteiger partial charge >= 0.3 is 0 Å². The van der Waals surface area contributed by atoms with Gasteiger partial charge in [-0.25, -0.2) is 0 Å². The summed E-state index contributed by atoms with van der Waals surface area (Å²) in [5, 5.41) is 0.103. The van der Waals surface area contributed by atoms with E-state index in [1.54, 1.807) is 7.11 Å². The Morgan fingerprint density at radius 3 is 2.42 bits per heavy atom. The fourth-order valence-corrected chi connectivity index (χ4v) is 3.13. The summed E-state index contributed by atoms with van der Waals surface area (Å²) in [5.74, 6) is 0.0322. The van der Waals surface area contributed by atoms with Gasteiger partial charge in [-0.1, -0.05) is 27.4 Å². The number of hydrogen-bond acceptors (Lipinski definition) is 4. The number of Topliss-reactive ketones (excluding diaryl/α,β-unsaturated/α-hetero) is 1. The highest BCUT2D eigenvalue weighted by Gasteiger charge is 2.45. The molecule has 2 unspecified atom stereocenters. The maximum Gasteiger partial charge on any atom is 0.192 e. The molecule has 0 saturated heterocycles. The molecule has 1 rings (SSSR count). The zero-order valence-corrected chi connectivity index (χ0v) is 13.9. The normalized spacial score (nSPS) is 25.2. The first-order valence-electron chi connectivity index (χ1n) is 6.60. The Balaban J connectivity index is 2.81. The van der Waals surface area contributed by atoms with E-state index in [1.807, 2.05) is 0 Å². The van der Waals surface area contributed by atoms with E-state index >= 15 is 0 Å². The standard InChI is InChI=1S/C14H26O4Si/c1-10-11(15)8-12(13(10)17-9-16-5)18-19(6,7)14(2,3)4/h12-13H,1,8-9H2,2-7H3. The predicted molar refractivity (Wildman–Crippen MR) is 77.6 cm³/mol. The SMILES string of the molecule is C=C1C(=O)CC(O[Si](C)(C)C(C)(C)C)C1OCOC. The molecule has 0 amide bonds. The molecule has 0 aliphatic heterocycles. The van der Waals surface area contributed by atoms with Crippen LogP contribution in [0.4, 0.5) is 0 Å². The van der Waals surface area contributed by atoms with Crippen molar-refractivity contribution in [3.63, 3.8) is 0 Å². The number of methoxy groups -OCH3 is 1. The number of rotatable bonds is 5. The summed E-state index contributed by atoms with van der Waals surface area (Å²) >= 11 is 0. The molecular formula is C14H26O4Si. The second kappa shape index (κ2) is 5.87. The highest BCUT2D eigenvalue weighted by atomic mass is 28.4. The van der Waals surface area contributed by atoms with Crippen molar-refractivity contribution in [3.05, 3.63) is 12.2 Å². The van der Waals surface area contributed by atoms with Crippen molar-refractivity contribution in [2.75, 3.05) is 13.9 Å². The quantitative estimate of drug-likeness (QED) is 0.443. The molecule has 0 bridgehead atoms. The third-order valence-corrected chi connectivity index (χ3v) is 8.55.